The van der Waals surface area contributed by atoms with Crippen LogP contribution in [0, 0.1) is 32.8 Å². The fourth-order valence-corrected chi connectivity index (χ4v) is 2.52. The third-order valence-electron chi connectivity index (χ3n) is 3.91. The first-order valence-corrected chi connectivity index (χ1v) is 8.29. The number of hydrogen-bond acceptors (Lipinski definition) is 6. The van der Waals surface area contributed by atoms with E-state index in [4.69, 9.17) is 15.3 Å². The van der Waals surface area contributed by atoms with Gasteiger partial charge in [0.05, 0.1) is 21.7 Å². The Morgan fingerprint density at radius 1 is 0.966 bits per heavy atom. The predicted octanol–water partition coefficient (Wildman–Crippen LogP) is 4.38. The second kappa shape index (κ2) is 8.33. The number of nitro groups is 1. The maximum Gasteiger partial charge on any atom is 0.270 e. The Hall–Kier alpha value is -4.69. The Balaban J connectivity index is 1.86. The zero-order valence-electron chi connectivity index (χ0n) is 14.8. The molecule has 0 fully saturated rings. The van der Waals surface area contributed by atoms with Gasteiger partial charge in [-0.25, -0.2) is 0 Å². The van der Waals surface area contributed by atoms with E-state index in [1.165, 1.54) is 36.4 Å². The first kappa shape index (κ1) is 19.1. The smallest absolute Gasteiger partial charge is 0.270 e. The summed E-state index contributed by atoms with van der Waals surface area (Å²) in [5.74, 6) is 0.0831. The lowest BCUT2D eigenvalue weighted by atomic mass is 10.1. The summed E-state index contributed by atoms with van der Waals surface area (Å²) < 4.78 is 5.77. The normalized spacial score (nSPS) is 9.72. The van der Waals surface area contributed by atoms with E-state index >= 15 is 0 Å². The number of nitrogens with one attached hydrogen (secondary N) is 1. The molecular weight excluding hydrogens is 372 g/mol. The highest BCUT2D eigenvalue weighted by atomic mass is 16.6. The maximum absolute atomic E-state index is 12.5. The van der Waals surface area contributed by atoms with Crippen LogP contribution in [0.1, 0.15) is 21.5 Å². The van der Waals surface area contributed by atoms with E-state index < -0.39 is 10.8 Å². The minimum absolute atomic E-state index is 0.124. The Morgan fingerprint density at radius 2 is 1.72 bits per heavy atom. The zero-order valence-corrected chi connectivity index (χ0v) is 14.8. The molecule has 3 aromatic rings. The van der Waals surface area contributed by atoms with Gasteiger partial charge >= 0.3 is 0 Å². The molecule has 3 rings (SSSR count). The fourth-order valence-electron chi connectivity index (χ4n) is 2.52. The van der Waals surface area contributed by atoms with Crippen molar-refractivity contribution in [3.8, 4) is 23.6 Å². The standard InChI is InChI=1S/C21H12N4O4/c22-12-15-8-9-18(11-16(15)13-23)29-20-7-2-1-6-19(20)24-21(26)14-4-3-5-17(10-14)25(27)28/h1-11H,(H,24,26). The minimum atomic E-state index is -0.578. The molecule has 3 aromatic carbocycles. The highest BCUT2D eigenvalue weighted by molar-refractivity contribution is 6.05. The van der Waals surface area contributed by atoms with Crippen molar-refractivity contribution in [3.63, 3.8) is 0 Å². The van der Waals surface area contributed by atoms with Crippen molar-refractivity contribution in [2.24, 2.45) is 0 Å². The Morgan fingerprint density at radius 3 is 2.45 bits per heavy atom. The van der Waals surface area contributed by atoms with E-state index in [1.54, 1.807) is 30.3 Å². The molecule has 29 heavy (non-hydrogen) atoms. The molecule has 0 saturated carbocycles. The van der Waals surface area contributed by atoms with Crippen LogP contribution in [0.15, 0.2) is 66.7 Å². The molecule has 140 valence electrons. The number of amides is 1. The van der Waals surface area contributed by atoms with E-state index in [9.17, 15) is 14.9 Å². The van der Waals surface area contributed by atoms with Gasteiger partial charge < -0.3 is 10.1 Å². The number of nitrogens with zero attached hydrogens (tertiary/aromatic N) is 3. The highest BCUT2D eigenvalue weighted by Gasteiger charge is 2.14. The van der Waals surface area contributed by atoms with Crippen LogP contribution in [0.3, 0.4) is 0 Å². The van der Waals surface area contributed by atoms with Crippen molar-refractivity contribution in [1.29, 1.82) is 10.5 Å². The first-order valence-electron chi connectivity index (χ1n) is 8.29. The summed E-state index contributed by atoms with van der Waals surface area (Å²) in [7, 11) is 0. The van der Waals surface area contributed by atoms with Crippen LogP contribution >= 0.6 is 0 Å². The number of anilines is 1. The van der Waals surface area contributed by atoms with Crippen molar-refractivity contribution >= 4 is 17.3 Å². The topological polar surface area (TPSA) is 129 Å². The zero-order chi connectivity index (χ0) is 20.8. The molecule has 1 amide bonds. The number of carbonyl (C=O) groups is 1. The summed E-state index contributed by atoms with van der Waals surface area (Å²) in [4.78, 5) is 22.8. The minimum Gasteiger partial charge on any atom is -0.455 e. The van der Waals surface area contributed by atoms with Crippen molar-refractivity contribution < 1.29 is 14.5 Å². The second-order valence-electron chi connectivity index (χ2n) is 5.79. The lowest BCUT2D eigenvalue weighted by molar-refractivity contribution is -0.384. The van der Waals surface area contributed by atoms with Crippen molar-refractivity contribution in [1.82, 2.24) is 0 Å². The molecule has 0 aliphatic rings. The first-order chi connectivity index (χ1) is 14.0. The fraction of sp³-hybridized carbons (Fsp3) is 0. The van der Waals surface area contributed by atoms with E-state index in [2.05, 4.69) is 5.32 Å². The molecule has 1 N–H and O–H groups in total. The number of nitriles is 2. The molecule has 0 aliphatic carbocycles. The van der Waals surface area contributed by atoms with Crippen LogP contribution in [0.5, 0.6) is 11.5 Å². The van der Waals surface area contributed by atoms with Gasteiger partial charge in [0.15, 0.2) is 5.75 Å². The number of para-hydroxylation sites is 2. The summed E-state index contributed by atoms with van der Waals surface area (Å²) in [5.41, 5.74) is 0.671. The van der Waals surface area contributed by atoms with Gasteiger partial charge in [0, 0.05) is 17.7 Å². The third kappa shape index (κ3) is 4.35. The summed E-state index contributed by atoms with van der Waals surface area (Å²) in [5, 5.41) is 31.7. The Labute approximate surface area is 165 Å². The van der Waals surface area contributed by atoms with Gasteiger partial charge in [0.2, 0.25) is 0 Å². The van der Waals surface area contributed by atoms with Crippen LogP contribution < -0.4 is 10.1 Å². The van der Waals surface area contributed by atoms with Gasteiger partial charge in [-0.15, -0.1) is 0 Å². The predicted molar refractivity (Wildman–Crippen MR) is 103 cm³/mol. The van der Waals surface area contributed by atoms with E-state index in [0.717, 1.165) is 0 Å². The SMILES string of the molecule is N#Cc1ccc(Oc2ccccc2NC(=O)c2cccc([N+](=O)[O-])c2)cc1C#N. The van der Waals surface area contributed by atoms with Gasteiger partial charge in [-0.1, -0.05) is 18.2 Å². The number of non-ortho nitro benzene ring substituents is 1. The number of rotatable bonds is 5. The maximum atomic E-state index is 12.5. The van der Waals surface area contributed by atoms with Crippen LogP contribution in [0.2, 0.25) is 0 Å². The monoisotopic (exact) mass is 384 g/mol. The van der Waals surface area contributed by atoms with E-state index in [-0.39, 0.29) is 22.4 Å². The molecule has 0 atom stereocenters. The summed E-state index contributed by atoms with van der Waals surface area (Å²) in [6, 6.07) is 20.3. The molecule has 0 aromatic heterocycles. The molecule has 0 aliphatic heterocycles. The molecule has 0 spiro atoms. The van der Waals surface area contributed by atoms with Gasteiger partial charge in [0.25, 0.3) is 11.6 Å². The largest absolute Gasteiger partial charge is 0.455 e. The summed E-state index contributed by atoms with van der Waals surface area (Å²) in [6.45, 7) is 0. The lowest BCUT2D eigenvalue weighted by Crippen LogP contribution is -2.12. The summed E-state index contributed by atoms with van der Waals surface area (Å²) in [6.07, 6.45) is 0. The molecule has 8 heteroatoms. The number of nitro benzene ring substituents is 1. The van der Waals surface area contributed by atoms with E-state index in [1.807, 2.05) is 12.1 Å². The molecule has 8 nitrogen and oxygen atoms in total. The highest BCUT2D eigenvalue weighted by Crippen LogP contribution is 2.30. The average molecular weight is 384 g/mol. The second-order valence-corrected chi connectivity index (χ2v) is 5.79. The van der Waals surface area contributed by atoms with Gasteiger partial charge in [0.1, 0.15) is 17.9 Å². The number of benzene rings is 3. The van der Waals surface area contributed by atoms with Gasteiger partial charge in [-0.2, -0.15) is 10.5 Å². The third-order valence-corrected chi connectivity index (χ3v) is 3.91. The molecule has 0 heterocycles. The number of hydrogen-bond donors (Lipinski definition) is 1. The summed E-state index contributed by atoms with van der Waals surface area (Å²) >= 11 is 0. The van der Waals surface area contributed by atoms with Crippen molar-refractivity contribution in [2.75, 3.05) is 5.32 Å². The molecule has 0 saturated heterocycles. The Bertz CT molecular complexity index is 1190. The molecular formula is C21H12N4O4. The molecule has 0 unspecified atom stereocenters. The number of ether oxygens (including phenoxy) is 1. The van der Waals surface area contributed by atoms with Crippen molar-refractivity contribution in [3.05, 3.63) is 93.5 Å². The molecule has 0 bridgehead atoms. The van der Waals surface area contributed by atoms with Gasteiger partial charge in [-0.05, 0) is 36.4 Å². The van der Waals surface area contributed by atoms with E-state index in [0.29, 0.717) is 17.2 Å². The van der Waals surface area contributed by atoms with Crippen LogP contribution in [-0.4, -0.2) is 10.8 Å². The lowest BCUT2D eigenvalue weighted by Gasteiger charge is -2.12. The Kier molecular flexibility index (Phi) is 5.48. The number of carbonyl (C=O) groups excluding carboxylic acids is 1. The van der Waals surface area contributed by atoms with Crippen molar-refractivity contribution in [2.45, 2.75) is 0 Å². The van der Waals surface area contributed by atoms with Gasteiger partial charge in [-0.3, -0.25) is 14.9 Å². The quantitative estimate of drug-likeness (QED) is 0.513. The van der Waals surface area contributed by atoms with Crippen LogP contribution in [-0.2, 0) is 0 Å². The van der Waals surface area contributed by atoms with Crippen LogP contribution in [0.25, 0.3) is 0 Å². The van der Waals surface area contributed by atoms with Crippen LogP contribution in [0.4, 0.5) is 11.4 Å². The molecule has 0 radical (unpaired) electrons. The average Bonchev–Trinajstić information content (AvgIpc) is 2.75.